The summed E-state index contributed by atoms with van der Waals surface area (Å²) >= 11 is 0. The third-order valence-corrected chi connectivity index (χ3v) is 5.71. The smallest absolute Gasteiger partial charge is 0.255 e. The molecule has 3 heterocycles. The van der Waals surface area contributed by atoms with E-state index in [-0.39, 0.29) is 12.0 Å². The molecule has 2 aliphatic rings. The van der Waals surface area contributed by atoms with Crippen molar-refractivity contribution in [1.82, 2.24) is 9.88 Å². The van der Waals surface area contributed by atoms with Crippen LogP contribution in [0.1, 0.15) is 41.6 Å². The molecule has 0 unspecified atom stereocenters. The molecule has 0 radical (unpaired) electrons. The van der Waals surface area contributed by atoms with Crippen molar-refractivity contribution in [3.63, 3.8) is 0 Å². The largest absolute Gasteiger partial charge is 0.474 e. The standard InChI is InChI=1S/C23H28N2O3/c26-23(20-6-7-22(24-17-20)28-21-10-14-27-15-11-21)25-12-8-19(9-13-25)16-18-4-2-1-3-5-18/h1-7,17,19,21H,8-16H2. The molecule has 148 valence electrons. The van der Waals surface area contributed by atoms with Crippen LogP contribution in [-0.4, -0.2) is 48.2 Å². The number of aromatic nitrogens is 1. The van der Waals surface area contributed by atoms with Crippen molar-refractivity contribution >= 4 is 5.91 Å². The van der Waals surface area contributed by atoms with Gasteiger partial charge in [0.05, 0.1) is 18.8 Å². The van der Waals surface area contributed by atoms with Crippen LogP contribution < -0.4 is 4.74 Å². The van der Waals surface area contributed by atoms with Crippen LogP contribution in [-0.2, 0) is 11.2 Å². The van der Waals surface area contributed by atoms with E-state index in [2.05, 4.69) is 35.3 Å². The van der Waals surface area contributed by atoms with E-state index in [1.165, 1.54) is 5.56 Å². The van der Waals surface area contributed by atoms with Crippen LogP contribution in [0, 0.1) is 5.92 Å². The van der Waals surface area contributed by atoms with E-state index in [1.54, 1.807) is 6.20 Å². The van der Waals surface area contributed by atoms with Crippen molar-refractivity contribution in [2.24, 2.45) is 5.92 Å². The van der Waals surface area contributed by atoms with Gasteiger partial charge in [0.2, 0.25) is 5.88 Å². The lowest BCUT2D eigenvalue weighted by Gasteiger charge is -2.32. The summed E-state index contributed by atoms with van der Waals surface area (Å²) in [6, 6.07) is 14.3. The Morgan fingerprint density at radius 1 is 1.04 bits per heavy atom. The summed E-state index contributed by atoms with van der Waals surface area (Å²) in [6.45, 7) is 3.11. The zero-order valence-corrected chi connectivity index (χ0v) is 16.3. The van der Waals surface area contributed by atoms with E-state index >= 15 is 0 Å². The minimum atomic E-state index is 0.0725. The molecule has 0 saturated carbocycles. The van der Waals surface area contributed by atoms with Crippen molar-refractivity contribution in [2.45, 2.75) is 38.2 Å². The number of ether oxygens (including phenoxy) is 2. The molecule has 4 rings (SSSR count). The van der Waals surface area contributed by atoms with Gasteiger partial charge in [0.25, 0.3) is 5.91 Å². The van der Waals surface area contributed by atoms with Crippen LogP contribution in [0.25, 0.3) is 0 Å². The van der Waals surface area contributed by atoms with Crippen molar-refractivity contribution in [3.05, 3.63) is 59.8 Å². The Bertz CT molecular complexity index is 749. The molecule has 0 atom stereocenters. The Morgan fingerprint density at radius 3 is 2.46 bits per heavy atom. The van der Waals surface area contributed by atoms with Gasteiger partial charge in [-0.25, -0.2) is 4.98 Å². The van der Waals surface area contributed by atoms with Gasteiger partial charge in [-0.05, 0) is 36.8 Å². The number of piperidine rings is 1. The first-order valence-electron chi connectivity index (χ1n) is 10.3. The molecule has 2 aliphatic heterocycles. The number of hydrogen-bond acceptors (Lipinski definition) is 4. The fraction of sp³-hybridized carbons (Fsp3) is 0.478. The van der Waals surface area contributed by atoms with Gasteiger partial charge in [0.1, 0.15) is 6.10 Å². The average molecular weight is 380 g/mol. The van der Waals surface area contributed by atoms with Gasteiger partial charge in [-0.1, -0.05) is 30.3 Å². The van der Waals surface area contributed by atoms with Crippen molar-refractivity contribution < 1.29 is 14.3 Å². The maximum atomic E-state index is 12.8. The molecule has 0 N–H and O–H groups in total. The van der Waals surface area contributed by atoms with Gasteiger partial charge in [-0.2, -0.15) is 0 Å². The normalized spacial score (nSPS) is 18.8. The van der Waals surface area contributed by atoms with E-state index < -0.39 is 0 Å². The van der Waals surface area contributed by atoms with E-state index in [0.717, 1.165) is 58.4 Å². The summed E-state index contributed by atoms with van der Waals surface area (Å²) < 4.78 is 11.2. The second-order valence-corrected chi connectivity index (χ2v) is 7.74. The Kier molecular flexibility index (Phi) is 6.22. The molecule has 0 aliphatic carbocycles. The second kappa shape index (κ2) is 9.20. The maximum Gasteiger partial charge on any atom is 0.255 e. The highest BCUT2D eigenvalue weighted by atomic mass is 16.5. The first-order chi connectivity index (χ1) is 13.8. The Labute approximate surface area is 166 Å². The molecule has 0 spiro atoms. The first-order valence-corrected chi connectivity index (χ1v) is 10.3. The van der Waals surface area contributed by atoms with Gasteiger partial charge in [0, 0.05) is 38.2 Å². The number of likely N-dealkylation sites (tertiary alicyclic amines) is 1. The van der Waals surface area contributed by atoms with Crippen LogP contribution in [0.3, 0.4) is 0 Å². The minimum Gasteiger partial charge on any atom is -0.474 e. The third kappa shape index (κ3) is 4.90. The number of rotatable bonds is 5. The molecule has 0 bridgehead atoms. The molecular weight excluding hydrogens is 352 g/mol. The van der Waals surface area contributed by atoms with Crippen molar-refractivity contribution in [1.29, 1.82) is 0 Å². The number of carbonyl (C=O) groups excluding carboxylic acids is 1. The molecule has 5 nitrogen and oxygen atoms in total. The first kappa shape index (κ1) is 18.9. The summed E-state index contributed by atoms with van der Waals surface area (Å²) in [5.41, 5.74) is 2.03. The number of hydrogen-bond donors (Lipinski definition) is 0. The van der Waals surface area contributed by atoms with Gasteiger partial charge in [-0.15, -0.1) is 0 Å². The Hall–Kier alpha value is -2.40. The van der Waals surface area contributed by atoms with Gasteiger partial charge in [-0.3, -0.25) is 4.79 Å². The van der Waals surface area contributed by atoms with E-state index in [0.29, 0.717) is 17.4 Å². The molecule has 2 fully saturated rings. The number of carbonyl (C=O) groups is 1. The van der Waals surface area contributed by atoms with Gasteiger partial charge < -0.3 is 14.4 Å². The number of nitrogens with zero attached hydrogens (tertiary/aromatic N) is 2. The predicted molar refractivity (Wildman–Crippen MR) is 107 cm³/mol. The molecular formula is C23H28N2O3. The van der Waals surface area contributed by atoms with Crippen molar-refractivity contribution in [2.75, 3.05) is 26.3 Å². The molecule has 1 aromatic carbocycles. The van der Waals surface area contributed by atoms with Crippen LogP contribution >= 0.6 is 0 Å². The monoisotopic (exact) mass is 380 g/mol. The van der Waals surface area contributed by atoms with Crippen molar-refractivity contribution in [3.8, 4) is 5.88 Å². The predicted octanol–water partition coefficient (Wildman–Crippen LogP) is 3.73. The van der Waals surface area contributed by atoms with Gasteiger partial charge in [0.15, 0.2) is 0 Å². The van der Waals surface area contributed by atoms with Crippen LogP contribution in [0.4, 0.5) is 0 Å². The Morgan fingerprint density at radius 2 is 1.79 bits per heavy atom. The molecule has 28 heavy (non-hydrogen) atoms. The lowest BCUT2D eigenvalue weighted by atomic mass is 9.90. The van der Waals surface area contributed by atoms with Crippen LogP contribution in [0.2, 0.25) is 0 Å². The molecule has 5 heteroatoms. The lowest BCUT2D eigenvalue weighted by molar-refractivity contribution is 0.0237. The second-order valence-electron chi connectivity index (χ2n) is 7.74. The maximum absolute atomic E-state index is 12.8. The number of amides is 1. The quantitative estimate of drug-likeness (QED) is 0.793. The highest BCUT2D eigenvalue weighted by Gasteiger charge is 2.24. The van der Waals surface area contributed by atoms with Gasteiger partial charge >= 0.3 is 0 Å². The third-order valence-electron chi connectivity index (χ3n) is 5.71. The van der Waals surface area contributed by atoms with Crippen LogP contribution in [0.15, 0.2) is 48.7 Å². The number of pyridine rings is 1. The number of benzene rings is 1. The summed E-state index contributed by atoms with van der Waals surface area (Å²) in [5, 5.41) is 0. The molecule has 1 amide bonds. The average Bonchev–Trinajstić information content (AvgIpc) is 2.76. The topological polar surface area (TPSA) is 51.7 Å². The zero-order valence-electron chi connectivity index (χ0n) is 16.3. The summed E-state index contributed by atoms with van der Waals surface area (Å²) in [6.07, 6.45) is 6.79. The lowest BCUT2D eigenvalue weighted by Crippen LogP contribution is -2.39. The summed E-state index contributed by atoms with van der Waals surface area (Å²) in [7, 11) is 0. The highest BCUT2D eigenvalue weighted by molar-refractivity contribution is 5.94. The van der Waals surface area contributed by atoms with E-state index in [9.17, 15) is 4.79 Å². The Balaban J connectivity index is 1.27. The minimum absolute atomic E-state index is 0.0725. The SMILES string of the molecule is O=C(c1ccc(OC2CCOCC2)nc1)N1CCC(Cc2ccccc2)CC1. The fourth-order valence-corrected chi connectivity index (χ4v) is 4.01. The van der Waals surface area contributed by atoms with E-state index in [1.807, 2.05) is 17.0 Å². The summed E-state index contributed by atoms with van der Waals surface area (Å²) in [5.74, 6) is 1.31. The molecule has 1 aromatic heterocycles. The fourth-order valence-electron chi connectivity index (χ4n) is 4.01. The van der Waals surface area contributed by atoms with E-state index in [4.69, 9.17) is 9.47 Å². The zero-order chi connectivity index (χ0) is 19.2. The molecule has 2 saturated heterocycles. The van der Waals surface area contributed by atoms with Crippen LogP contribution in [0.5, 0.6) is 5.88 Å². The molecule has 2 aromatic rings. The summed E-state index contributed by atoms with van der Waals surface area (Å²) in [4.78, 5) is 19.1. The highest BCUT2D eigenvalue weighted by Crippen LogP contribution is 2.23.